The van der Waals surface area contributed by atoms with Gasteiger partial charge in [-0.15, -0.1) is 0 Å². The number of amidine groups is 1. The first-order valence-corrected chi connectivity index (χ1v) is 10.6. The second-order valence-corrected chi connectivity index (χ2v) is 7.51. The van der Waals surface area contributed by atoms with E-state index in [1.54, 1.807) is 29.2 Å². The number of ether oxygens (including phenoxy) is 2. The van der Waals surface area contributed by atoms with Gasteiger partial charge in [-0.3, -0.25) is 9.69 Å². The monoisotopic (exact) mass is 424 g/mol. The molecule has 30 heavy (non-hydrogen) atoms. The van der Waals surface area contributed by atoms with Crippen molar-refractivity contribution in [2.75, 3.05) is 20.3 Å². The van der Waals surface area contributed by atoms with Gasteiger partial charge in [0.1, 0.15) is 5.75 Å². The van der Waals surface area contributed by atoms with E-state index in [0.29, 0.717) is 28.8 Å². The minimum Gasteiger partial charge on any atom is -0.494 e. The number of carbonyl (C=O) groups is 2. The number of nitrogens with zero attached hydrogens (tertiary/aromatic N) is 2. The number of hydrogen-bond donors (Lipinski definition) is 0. The fourth-order valence-electron chi connectivity index (χ4n) is 2.89. The predicted octanol–water partition coefficient (Wildman–Crippen LogP) is 4.89. The summed E-state index contributed by atoms with van der Waals surface area (Å²) in [6.45, 7) is 5.17. The number of aliphatic imine (C=N–C) groups is 1. The summed E-state index contributed by atoms with van der Waals surface area (Å²) in [7, 11) is 1.35. The van der Waals surface area contributed by atoms with Crippen molar-refractivity contribution in [1.82, 2.24) is 4.90 Å². The van der Waals surface area contributed by atoms with Crippen LogP contribution in [-0.4, -0.2) is 42.2 Å². The second kappa shape index (κ2) is 10.1. The van der Waals surface area contributed by atoms with Gasteiger partial charge in [0.05, 0.1) is 29.9 Å². The Bertz CT molecular complexity index is 966. The van der Waals surface area contributed by atoms with Gasteiger partial charge in [-0.25, -0.2) is 9.79 Å². The van der Waals surface area contributed by atoms with Gasteiger partial charge in [-0.05, 0) is 73.1 Å². The van der Waals surface area contributed by atoms with Gasteiger partial charge in [0, 0.05) is 6.54 Å². The minimum absolute atomic E-state index is 0.0661. The lowest BCUT2D eigenvalue weighted by molar-refractivity contribution is -0.122. The van der Waals surface area contributed by atoms with Gasteiger partial charge in [-0.1, -0.05) is 19.1 Å². The molecule has 156 valence electrons. The van der Waals surface area contributed by atoms with E-state index in [1.807, 2.05) is 44.2 Å². The van der Waals surface area contributed by atoms with Crippen molar-refractivity contribution in [3.63, 3.8) is 0 Å². The molecular formula is C23H24N2O4S. The summed E-state index contributed by atoms with van der Waals surface area (Å²) < 4.78 is 10.2. The van der Waals surface area contributed by atoms with Gasteiger partial charge in [-0.2, -0.15) is 0 Å². The molecule has 0 aromatic heterocycles. The molecule has 1 aliphatic rings. The summed E-state index contributed by atoms with van der Waals surface area (Å²) >= 11 is 1.35. The van der Waals surface area contributed by atoms with Crippen LogP contribution in [0.2, 0.25) is 0 Å². The maximum atomic E-state index is 12.9. The summed E-state index contributed by atoms with van der Waals surface area (Å²) in [5.74, 6) is 0.334. The van der Waals surface area contributed by atoms with Gasteiger partial charge >= 0.3 is 5.97 Å². The van der Waals surface area contributed by atoms with Crippen molar-refractivity contribution in [2.45, 2.75) is 20.3 Å². The third kappa shape index (κ3) is 5.10. The van der Waals surface area contributed by atoms with Crippen molar-refractivity contribution in [1.29, 1.82) is 0 Å². The Hall–Kier alpha value is -3.06. The van der Waals surface area contributed by atoms with Crippen LogP contribution in [0.5, 0.6) is 5.75 Å². The molecule has 0 saturated carbocycles. The topological polar surface area (TPSA) is 68.2 Å². The van der Waals surface area contributed by atoms with E-state index in [-0.39, 0.29) is 11.9 Å². The van der Waals surface area contributed by atoms with Crippen LogP contribution < -0.4 is 4.74 Å². The number of hydrogen-bond acceptors (Lipinski definition) is 6. The number of methoxy groups -OCH3 is 1. The molecule has 1 heterocycles. The van der Waals surface area contributed by atoms with Gasteiger partial charge in [0.15, 0.2) is 5.17 Å². The van der Waals surface area contributed by atoms with Gasteiger partial charge in [0.25, 0.3) is 5.91 Å². The van der Waals surface area contributed by atoms with E-state index in [9.17, 15) is 9.59 Å². The molecule has 0 bridgehead atoms. The summed E-state index contributed by atoms with van der Waals surface area (Å²) in [5.41, 5.74) is 2.06. The Morgan fingerprint density at radius 1 is 1.10 bits per heavy atom. The predicted molar refractivity (Wildman–Crippen MR) is 120 cm³/mol. The molecule has 0 radical (unpaired) electrons. The van der Waals surface area contributed by atoms with Crippen molar-refractivity contribution in [2.24, 2.45) is 4.99 Å². The molecule has 7 heteroatoms. The lowest BCUT2D eigenvalue weighted by atomic mass is 10.1. The van der Waals surface area contributed by atoms with E-state index in [0.717, 1.165) is 23.4 Å². The van der Waals surface area contributed by atoms with E-state index >= 15 is 0 Å². The zero-order chi connectivity index (χ0) is 21.5. The van der Waals surface area contributed by atoms with E-state index < -0.39 is 0 Å². The first kappa shape index (κ1) is 21.6. The van der Waals surface area contributed by atoms with Crippen LogP contribution in [0.4, 0.5) is 5.69 Å². The highest BCUT2D eigenvalue weighted by Gasteiger charge is 2.32. The molecule has 1 saturated heterocycles. The highest BCUT2D eigenvalue weighted by molar-refractivity contribution is 8.18. The van der Waals surface area contributed by atoms with Crippen LogP contribution in [0, 0.1) is 0 Å². The molecular weight excluding hydrogens is 400 g/mol. The maximum absolute atomic E-state index is 12.9. The van der Waals surface area contributed by atoms with Crippen molar-refractivity contribution >= 4 is 40.6 Å². The molecule has 1 fully saturated rings. The van der Waals surface area contributed by atoms with E-state index in [4.69, 9.17) is 9.47 Å². The first-order chi connectivity index (χ1) is 14.5. The Morgan fingerprint density at radius 3 is 2.40 bits per heavy atom. The zero-order valence-corrected chi connectivity index (χ0v) is 18.1. The van der Waals surface area contributed by atoms with Crippen LogP contribution in [0.3, 0.4) is 0 Å². The number of esters is 1. The standard InChI is InChI=1S/C23H24N2O4S/c1-4-14-25-21(26)20(15-16-6-8-17(9-7-16)22(27)28-3)30-23(25)24-18-10-12-19(13-11-18)29-5-2/h6-13,15H,4-5,14H2,1-3H3/b20-15+,24-23?. The summed E-state index contributed by atoms with van der Waals surface area (Å²) in [4.78, 5) is 31.5. The third-order valence-corrected chi connectivity index (χ3v) is 5.34. The van der Waals surface area contributed by atoms with Gasteiger partial charge in [0.2, 0.25) is 0 Å². The smallest absolute Gasteiger partial charge is 0.337 e. The average molecular weight is 425 g/mol. The van der Waals surface area contributed by atoms with Crippen LogP contribution >= 0.6 is 11.8 Å². The van der Waals surface area contributed by atoms with Crippen LogP contribution in [-0.2, 0) is 9.53 Å². The quantitative estimate of drug-likeness (QED) is 0.468. The zero-order valence-electron chi connectivity index (χ0n) is 17.3. The molecule has 0 spiro atoms. The van der Waals surface area contributed by atoms with Crippen LogP contribution in [0.15, 0.2) is 58.4 Å². The number of carbonyl (C=O) groups excluding carboxylic acids is 2. The number of benzene rings is 2. The van der Waals surface area contributed by atoms with Crippen molar-refractivity contribution in [3.05, 3.63) is 64.6 Å². The van der Waals surface area contributed by atoms with E-state index in [1.165, 1.54) is 18.9 Å². The highest BCUT2D eigenvalue weighted by Crippen LogP contribution is 2.34. The normalized spacial score (nSPS) is 16.4. The maximum Gasteiger partial charge on any atom is 0.337 e. The molecule has 2 aromatic carbocycles. The fourth-order valence-corrected chi connectivity index (χ4v) is 3.92. The van der Waals surface area contributed by atoms with Crippen molar-refractivity contribution < 1.29 is 19.1 Å². The number of thioether (sulfide) groups is 1. The Balaban J connectivity index is 1.84. The lowest BCUT2D eigenvalue weighted by Gasteiger charge is -2.14. The van der Waals surface area contributed by atoms with Crippen LogP contribution in [0.25, 0.3) is 6.08 Å². The molecule has 0 unspecified atom stereocenters. The molecule has 0 aliphatic carbocycles. The molecule has 0 atom stereocenters. The molecule has 6 nitrogen and oxygen atoms in total. The average Bonchev–Trinajstić information content (AvgIpc) is 3.04. The van der Waals surface area contributed by atoms with Crippen molar-refractivity contribution in [3.8, 4) is 5.75 Å². The third-order valence-electron chi connectivity index (χ3n) is 4.34. The summed E-state index contributed by atoms with van der Waals surface area (Å²) in [6.07, 6.45) is 2.65. The number of rotatable bonds is 7. The SMILES string of the molecule is CCCN1C(=O)/C(=C\c2ccc(C(=O)OC)cc2)SC1=Nc1ccc(OCC)cc1. The highest BCUT2D eigenvalue weighted by atomic mass is 32.2. The Kier molecular flexibility index (Phi) is 7.30. The summed E-state index contributed by atoms with van der Waals surface area (Å²) in [6, 6.07) is 14.4. The molecule has 0 N–H and O–H groups in total. The Morgan fingerprint density at radius 2 is 1.80 bits per heavy atom. The molecule has 1 aliphatic heterocycles. The molecule has 1 amide bonds. The summed E-state index contributed by atoms with van der Waals surface area (Å²) in [5, 5.41) is 0.656. The second-order valence-electron chi connectivity index (χ2n) is 6.50. The Labute approximate surface area is 180 Å². The lowest BCUT2D eigenvalue weighted by Crippen LogP contribution is -2.29. The largest absolute Gasteiger partial charge is 0.494 e. The first-order valence-electron chi connectivity index (χ1n) is 9.77. The fraction of sp³-hybridized carbons (Fsp3) is 0.261. The number of amides is 1. The van der Waals surface area contributed by atoms with Crippen LogP contribution in [0.1, 0.15) is 36.2 Å². The van der Waals surface area contributed by atoms with E-state index in [2.05, 4.69) is 4.99 Å². The molecule has 3 rings (SSSR count). The van der Waals surface area contributed by atoms with Gasteiger partial charge < -0.3 is 9.47 Å². The minimum atomic E-state index is -0.389. The molecule has 2 aromatic rings.